The van der Waals surface area contributed by atoms with Crippen LogP contribution in [0.4, 0.5) is 0 Å². The summed E-state index contributed by atoms with van der Waals surface area (Å²) < 4.78 is 7.69. The maximum Gasteiger partial charge on any atom is 0.188 e. The van der Waals surface area contributed by atoms with Crippen LogP contribution in [-0.2, 0) is 11.3 Å². The van der Waals surface area contributed by atoms with E-state index in [0.717, 1.165) is 42.9 Å². The largest absolute Gasteiger partial charge is 0.376 e. The molecule has 0 amide bonds. The molecule has 2 aromatic rings. The Labute approximate surface area is 135 Å². The van der Waals surface area contributed by atoms with Crippen molar-refractivity contribution in [1.29, 1.82) is 0 Å². The Morgan fingerprint density at radius 2 is 2.36 bits per heavy atom. The lowest BCUT2D eigenvalue weighted by molar-refractivity contribution is 0.118. The molecule has 0 spiro atoms. The van der Waals surface area contributed by atoms with Crippen molar-refractivity contribution in [2.75, 3.05) is 19.7 Å². The number of rotatable bonds is 5. The summed E-state index contributed by atoms with van der Waals surface area (Å²) in [4.78, 5) is 4.33. The van der Waals surface area contributed by atoms with Crippen LogP contribution in [-0.4, -0.2) is 36.3 Å². The first-order chi connectivity index (χ1) is 10.7. The topological polar surface area (TPSA) is 64.6 Å². The molecule has 3 N–H and O–H groups in total. The highest BCUT2D eigenvalue weighted by atomic mass is 35.5. The summed E-state index contributed by atoms with van der Waals surface area (Å²) in [7, 11) is 0. The summed E-state index contributed by atoms with van der Waals surface area (Å²) in [6.45, 7) is 3.04. The minimum atomic E-state index is 0.235. The Morgan fingerprint density at radius 1 is 1.45 bits per heavy atom. The summed E-state index contributed by atoms with van der Waals surface area (Å²) >= 11 is 6.00. The normalized spacial score (nSPS) is 19.0. The van der Waals surface area contributed by atoms with E-state index in [-0.39, 0.29) is 6.10 Å². The van der Waals surface area contributed by atoms with Gasteiger partial charge in [0.15, 0.2) is 5.96 Å². The molecule has 1 aromatic heterocycles. The van der Waals surface area contributed by atoms with Gasteiger partial charge < -0.3 is 20.4 Å². The van der Waals surface area contributed by atoms with E-state index in [2.05, 4.69) is 27.1 Å². The van der Waals surface area contributed by atoms with Crippen molar-refractivity contribution in [2.45, 2.75) is 25.5 Å². The molecule has 118 valence electrons. The zero-order valence-corrected chi connectivity index (χ0v) is 13.2. The van der Waals surface area contributed by atoms with Gasteiger partial charge in [0.05, 0.1) is 12.6 Å². The number of guanidine groups is 1. The van der Waals surface area contributed by atoms with Crippen LogP contribution in [0.1, 0.15) is 12.8 Å². The highest BCUT2D eigenvalue weighted by Gasteiger charge is 2.14. The van der Waals surface area contributed by atoms with Gasteiger partial charge in [-0.25, -0.2) is 0 Å². The van der Waals surface area contributed by atoms with Gasteiger partial charge in [0.2, 0.25) is 0 Å². The quantitative estimate of drug-likeness (QED) is 0.656. The molecule has 0 aliphatic carbocycles. The third-order valence-electron chi connectivity index (χ3n) is 3.88. The summed E-state index contributed by atoms with van der Waals surface area (Å²) in [6, 6.07) is 7.98. The molecule has 22 heavy (non-hydrogen) atoms. The van der Waals surface area contributed by atoms with Gasteiger partial charge in [-0.3, -0.25) is 4.99 Å². The molecule has 1 aliphatic heterocycles. The number of nitrogens with one attached hydrogen (secondary N) is 1. The number of halogens is 1. The van der Waals surface area contributed by atoms with E-state index < -0.39 is 0 Å². The monoisotopic (exact) mass is 320 g/mol. The second-order valence-electron chi connectivity index (χ2n) is 5.50. The van der Waals surface area contributed by atoms with E-state index in [1.54, 1.807) is 0 Å². The van der Waals surface area contributed by atoms with E-state index in [0.29, 0.717) is 12.5 Å². The number of fused-ring (bicyclic) bond motifs is 1. The van der Waals surface area contributed by atoms with Crippen LogP contribution in [0.25, 0.3) is 10.9 Å². The standard InChI is InChI=1S/C16H21ClN4O/c17-13-3-4-15-12(10-13)5-7-21(15)8-6-19-16(18)20-11-14-2-1-9-22-14/h3-5,7,10,14H,1-2,6,8-9,11H2,(H3,18,19,20). The van der Waals surface area contributed by atoms with E-state index in [4.69, 9.17) is 22.1 Å². The van der Waals surface area contributed by atoms with Gasteiger partial charge in [0.1, 0.15) is 0 Å². The van der Waals surface area contributed by atoms with E-state index >= 15 is 0 Å². The average molecular weight is 321 g/mol. The Balaban J connectivity index is 1.50. The highest BCUT2D eigenvalue weighted by Crippen LogP contribution is 2.20. The van der Waals surface area contributed by atoms with Crippen LogP contribution in [0.3, 0.4) is 0 Å². The number of benzene rings is 1. The first-order valence-electron chi connectivity index (χ1n) is 7.62. The van der Waals surface area contributed by atoms with Crippen molar-refractivity contribution >= 4 is 28.5 Å². The smallest absolute Gasteiger partial charge is 0.188 e. The van der Waals surface area contributed by atoms with E-state index in [1.165, 1.54) is 5.52 Å². The molecule has 1 unspecified atom stereocenters. The molecule has 3 rings (SSSR count). The lowest BCUT2D eigenvalue weighted by Gasteiger charge is -2.09. The minimum absolute atomic E-state index is 0.235. The molecule has 1 aromatic carbocycles. The van der Waals surface area contributed by atoms with Crippen molar-refractivity contribution in [3.63, 3.8) is 0 Å². The molecule has 2 heterocycles. The van der Waals surface area contributed by atoms with Gasteiger partial charge in [-0.05, 0) is 37.1 Å². The predicted molar refractivity (Wildman–Crippen MR) is 90.4 cm³/mol. The number of ether oxygens (including phenoxy) is 1. The van der Waals surface area contributed by atoms with Crippen LogP contribution in [0, 0.1) is 0 Å². The first kappa shape index (κ1) is 15.2. The maximum absolute atomic E-state index is 6.00. The Hall–Kier alpha value is -1.72. The van der Waals surface area contributed by atoms with Crippen LogP contribution in [0.2, 0.25) is 5.02 Å². The summed E-state index contributed by atoms with van der Waals surface area (Å²) in [6.07, 6.45) is 4.49. The summed E-state index contributed by atoms with van der Waals surface area (Å²) in [5.41, 5.74) is 7.05. The van der Waals surface area contributed by atoms with Crippen molar-refractivity contribution in [1.82, 2.24) is 9.88 Å². The SMILES string of the molecule is NC(=NCC1CCCO1)NCCn1ccc2cc(Cl)ccc21. The molecular formula is C16H21ClN4O. The van der Waals surface area contributed by atoms with Crippen LogP contribution in [0.15, 0.2) is 35.5 Å². The average Bonchev–Trinajstić information content (AvgIpc) is 3.15. The summed E-state index contributed by atoms with van der Waals surface area (Å²) in [5.74, 6) is 0.481. The number of nitrogens with zero attached hydrogens (tertiary/aromatic N) is 2. The fraction of sp³-hybridized carbons (Fsp3) is 0.438. The zero-order valence-electron chi connectivity index (χ0n) is 12.5. The fourth-order valence-electron chi connectivity index (χ4n) is 2.71. The van der Waals surface area contributed by atoms with Crippen molar-refractivity contribution in [2.24, 2.45) is 10.7 Å². The van der Waals surface area contributed by atoms with Gasteiger partial charge in [0.25, 0.3) is 0 Å². The first-order valence-corrected chi connectivity index (χ1v) is 8.00. The second-order valence-corrected chi connectivity index (χ2v) is 5.94. The van der Waals surface area contributed by atoms with Gasteiger partial charge in [-0.1, -0.05) is 11.6 Å². The molecule has 5 nitrogen and oxygen atoms in total. The van der Waals surface area contributed by atoms with Gasteiger partial charge in [-0.2, -0.15) is 0 Å². The van der Waals surface area contributed by atoms with Crippen LogP contribution < -0.4 is 11.1 Å². The van der Waals surface area contributed by atoms with Crippen molar-refractivity contribution in [3.8, 4) is 0 Å². The number of aromatic nitrogens is 1. The van der Waals surface area contributed by atoms with Gasteiger partial charge in [0, 0.05) is 41.8 Å². The van der Waals surface area contributed by atoms with Gasteiger partial charge in [-0.15, -0.1) is 0 Å². The molecule has 0 bridgehead atoms. The molecule has 1 aliphatic rings. The summed E-state index contributed by atoms with van der Waals surface area (Å²) in [5, 5.41) is 5.05. The Kier molecular flexibility index (Phi) is 4.85. The number of hydrogen-bond donors (Lipinski definition) is 2. The molecule has 0 radical (unpaired) electrons. The third kappa shape index (κ3) is 3.72. The predicted octanol–water partition coefficient (Wildman–Crippen LogP) is 2.38. The van der Waals surface area contributed by atoms with Crippen molar-refractivity contribution in [3.05, 3.63) is 35.5 Å². The highest BCUT2D eigenvalue weighted by molar-refractivity contribution is 6.31. The zero-order chi connectivity index (χ0) is 15.4. The molecule has 1 saturated heterocycles. The lowest BCUT2D eigenvalue weighted by Crippen LogP contribution is -2.34. The molecule has 6 heteroatoms. The Morgan fingerprint density at radius 3 is 3.18 bits per heavy atom. The van der Waals surface area contributed by atoms with E-state index in [9.17, 15) is 0 Å². The van der Waals surface area contributed by atoms with Gasteiger partial charge >= 0.3 is 0 Å². The molecular weight excluding hydrogens is 300 g/mol. The lowest BCUT2D eigenvalue weighted by atomic mass is 10.2. The number of aliphatic imine (C=N–C) groups is 1. The maximum atomic E-state index is 6.00. The fourth-order valence-corrected chi connectivity index (χ4v) is 2.90. The molecule has 0 saturated carbocycles. The number of hydrogen-bond acceptors (Lipinski definition) is 2. The van der Waals surface area contributed by atoms with Crippen LogP contribution in [0.5, 0.6) is 0 Å². The van der Waals surface area contributed by atoms with E-state index in [1.807, 2.05) is 18.2 Å². The minimum Gasteiger partial charge on any atom is -0.376 e. The van der Waals surface area contributed by atoms with Crippen LogP contribution >= 0.6 is 11.6 Å². The molecule has 1 fully saturated rings. The second kappa shape index (κ2) is 7.03. The number of nitrogens with two attached hydrogens (primary N) is 1. The molecule has 1 atom stereocenters. The Bertz CT molecular complexity index is 661. The van der Waals surface area contributed by atoms with Crippen molar-refractivity contribution < 1.29 is 4.74 Å². The third-order valence-corrected chi connectivity index (χ3v) is 4.12.